The Balaban J connectivity index is 1.46. The van der Waals surface area contributed by atoms with Crippen molar-refractivity contribution in [2.24, 2.45) is 5.92 Å². The van der Waals surface area contributed by atoms with Gasteiger partial charge in [0.15, 0.2) is 0 Å². The van der Waals surface area contributed by atoms with Crippen molar-refractivity contribution in [3.63, 3.8) is 0 Å². The molecule has 1 aliphatic carbocycles. The Kier molecular flexibility index (Phi) is 5.08. The molecule has 0 radical (unpaired) electrons. The first-order chi connectivity index (χ1) is 13.4. The van der Waals surface area contributed by atoms with Crippen LogP contribution in [0, 0.1) is 31.1 Å². The molecule has 1 aliphatic rings. The number of nitriles is 1. The van der Waals surface area contributed by atoms with E-state index in [9.17, 15) is 10.1 Å². The van der Waals surface area contributed by atoms with Crippen molar-refractivity contribution in [2.75, 3.05) is 11.1 Å². The summed E-state index contributed by atoms with van der Waals surface area (Å²) in [6.45, 7) is 6.08. The van der Waals surface area contributed by atoms with E-state index in [1.54, 1.807) is 4.52 Å². The fourth-order valence-electron chi connectivity index (χ4n) is 3.46. The second-order valence-electron chi connectivity index (χ2n) is 7.15. The number of hydrogen-bond donors (Lipinski definition) is 1. The van der Waals surface area contributed by atoms with Crippen LogP contribution in [-0.4, -0.2) is 31.2 Å². The van der Waals surface area contributed by atoms with Crippen molar-refractivity contribution in [3.05, 3.63) is 33.5 Å². The Morgan fingerprint density at radius 1 is 1.46 bits per heavy atom. The van der Waals surface area contributed by atoms with Gasteiger partial charge in [-0.1, -0.05) is 18.7 Å². The van der Waals surface area contributed by atoms with E-state index < -0.39 is 0 Å². The van der Waals surface area contributed by atoms with Gasteiger partial charge in [0.25, 0.3) is 5.78 Å². The van der Waals surface area contributed by atoms with Crippen molar-refractivity contribution >= 4 is 39.8 Å². The number of carbonyl (C=O) groups is 1. The lowest BCUT2D eigenvalue weighted by Crippen LogP contribution is -2.14. The summed E-state index contributed by atoms with van der Waals surface area (Å²) in [5.74, 6) is 1.18. The predicted octanol–water partition coefficient (Wildman–Crippen LogP) is 3.53. The summed E-state index contributed by atoms with van der Waals surface area (Å²) in [6, 6.07) is 4.22. The number of aryl methyl sites for hydroxylation is 2. The molecular weight excluding hydrogens is 392 g/mol. The van der Waals surface area contributed by atoms with Gasteiger partial charge < -0.3 is 5.32 Å². The SMILES string of the molecule is Cc1cc(C)n2nc(SCC(=O)Nc3sc4c(c3C#N)CCC(C)C4)nc2n1. The molecule has 7 nitrogen and oxygen atoms in total. The standard InChI is InChI=1S/C19H20N6OS2/c1-10-4-5-13-14(8-20)17(28-15(13)6-10)22-16(26)9-27-19-23-18-21-11(2)7-12(3)25(18)24-19/h7,10H,4-6,9H2,1-3H3,(H,22,26). The molecule has 1 N–H and O–H groups in total. The van der Waals surface area contributed by atoms with E-state index in [1.807, 2.05) is 19.9 Å². The first kappa shape index (κ1) is 18.9. The minimum absolute atomic E-state index is 0.159. The first-order valence-electron chi connectivity index (χ1n) is 9.13. The topological polar surface area (TPSA) is 96.0 Å². The van der Waals surface area contributed by atoms with Crippen LogP contribution in [0.5, 0.6) is 0 Å². The molecule has 3 heterocycles. The van der Waals surface area contributed by atoms with Crippen LogP contribution in [0.3, 0.4) is 0 Å². The summed E-state index contributed by atoms with van der Waals surface area (Å²) < 4.78 is 1.68. The van der Waals surface area contributed by atoms with Crippen LogP contribution in [0.2, 0.25) is 0 Å². The van der Waals surface area contributed by atoms with Gasteiger partial charge in [0.2, 0.25) is 11.1 Å². The molecule has 144 valence electrons. The maximum Gasteiger partial charge on any atom is 0.253 e. The molecular formula is C19H20N6OS2. The van der Waals surface area contributed by atoms with Crippen molar-refractivity contribution < 1.29 is 4.79 Å². The van der Waals surface area contributed by atoms with Crippen LogP contribution in [0.1, 0.15) is 40.7 Å². The molecule has 0 aliphatic heterocycles. The molecule has 1 unspecified atom stereocenters. The third-order valence-electron chi connectivity index (χ3n) is 4.81. The van der Waals surface area contributed by atoms with E-state index in [0.29, 0.717) is 27.4 Å². The van der Waals surface area contributed by atoms with Gasteiger partial charge in [-0.2, -0.15) is 10.2 Å². The first-order valence-corrected chi connectivity index (χ1v) is 10.9. The van der Waals surface area contributed by atoms with Gasteiger partial charge in [0, 0.05) is 16.3 Å². The van der Waals surface area contributed by atoms with Crippen molar-refractivity contribution in [3.8, 4) is 6.07 Å². The molecule has 3 aromatic rings. The number of thioether (sulfide) groups is 1. The second kappa shape index (κ2) is 7.53. The number of carbonyl (C=O) groups excluding carboxylic acids is 1. The number of fused-ring (bicyclic) bond motifs is 2. The molecule has 0 aromatic carbocycles. The molecule has 4 rings (SSSR count). The number of nitrogens with one attached hydrogen (secondary N) is 1. The molecule has 0 spiro atoms. The molecule has 9 heteroatoms. The summed E-state index contributed by atoms with van der Waals surface area (Å²) in [5.41, 5.74) is 3.58. The number of nitrogens with zero attached hydrogens (tertiary/aromatic N) is 5. The third-order valence-corrected chi connectivity index (χ3v) is 6.82. The zero-order valence-corrected chi connectivity index (χ0v) is 17.6. The second-order valence-corrected chi connectivity index (χ2v) is 9.20. The lowest BCUT2D eigenvalue weighted by Gasteiger charge is -2.17. The normalized spacial score (nSPS) is 16.0. The Hall–Kier alpha value is -2.44. The maximum absolute atomic E-state index is 12.5. The van der Waals surface area contributed by atoms with Crippen LogP contribution in [0.15, 0.2) is 11.2 Å². The molecule has 28 heavy (non-hydrogen) atoms. The minimum atomic E-state index is -0.159. The average molecular weight is 413 g/mol. The van der Waals surface area contributed by atoms with Crippen molar-refractivity contribution in [1.29, 1.82) is 5.26 Å². The monoisotopic (exact) mass is 412 g/mol. The van der Waals surface area contributed by atoms with Gasteiger partial charge in [-0.15, -0.1) is 16.4 Å². The van der Waals surface area contributed by atoms with Crippen LogP contribution in [0.4, 0.5) is 5.00 Å². The van der Waals surface area contributed by atoms with Gasteiger partial charge in [-0.3, -0.25) is 4.79 Å². The quantitative estimate of drug-likeness (QED) is 0.659. The number of anilines is 1. The zero-order chi connectivity index (χ0) is 19.8. The van der Waals surface area contributed by atoms with Crippen LogP contribution >= 0.6 is 23.1 Å². The number of amides is 1. The van der Waals surface area contributed by atoms with E-state index in [1.165, 1.54) is 28.0 Å². The summed E-state index contributed by atoms with van der Waals surface area (Å²) in [5, 5.41) is 18.0. The highest BCUT2D eigenvalue weighted by Gasteiger charge is 2.24. The Morgan fingerprint density at radius 2 is 2.29 bits per heavy atom. The highest BCUT2D eigenvalue weighted by molar-refractivity contribution is 7.99. The predicted molar refractivity (Wildman–Crippen MR) is 110 cm³/mol. The smallest absolute Gasteiger partial charge is 0.253 e. The number of thiophene rings is 1. The molecule has 0 saturated heterocycles. The van der Waals surface area contributed by atoms with Crippen LogP contribution < -0.4 is 5.32 Å². The molecule has 0 saturated carbocycles. The Bertz CT molecular complexity index is 1110. The van der Waals surface area contributed by atoms with Gasteiger partial charge in [-0.25, -0.2) is 9.50 Å². The number of hydrogen-bond acceptors (Lipinski definition) is 7. The van der Waals surface area contributed by atoms with Crippen molar-refractivity contribution in [1.82, 2.24) is 19.6 Å². The molecule has 1 atom stereocenters. The van der Waals surface area contributed by atoms with Gasteiger partial charge in [-0.05, 0) is 50.7 Å². The van der Waals surface area contributed by atoms with E-state index in [2.05, 4.69) is 33.4 Å². The zero-order valence-electron chi connectivity index (χ0n) is 15.9. The lowest BCUT2D eigenvalue weighted by atomic mass is 9.89. The third kappa shape index (κ3) is 3.62. The van der Waals surface area contributed by atoms with E-state index in [-0.39, 0.29) is 11.7 Å². The van der Waals surface area contributed by atoms with Gasteiger partial charge in [0.05, 0.1) is 11.3 Å². The van der Waals surface area contributed by atoms with E-state index >= 15 is 0 Å². The Morgan fingerprint density at radius 3 is 3.07 bits per heavy atom. The summed E-state index contributed by atoms with van der Waals surface area (Å²) in [6.07, 6.45) is 2.99. The minimum Gasteiger partial charge on any atom is -0.316 e. The fourth-order valence-corrected chi connectivity index (χ4v) is 5.45. The molecule has 1 amide bonds. The lowest BCUT2D eigenvalue weighted by molar-refractivity contribution is -0.113. The summed E-state index contributed by atoms with van der Waals surface area (Å²) in [7, 11) is 0. The summed E-state index contributed by atoms with van der Waals surface area (Å²) >= 11 is 2.80. The molecule has 0 bridgehead atoms. The molecule has 0 fully saturated rings. The van der Waals surface area contributed by atoms with Crippen LogP contribution in [-0.2, 0) is 17.6 Å². The maximum atomic E-state index is 12.5. The van der Waals surface area contributed by atoms with E-state index in [0.717, 1.165) is 36.2 Å². The van der Waals surface area contributed by atoms with Gasteiger partial charge in [0.1, 0.15) is 11.1 Å². The summed E-state index contributed by atoms with van der Waals surface area (Å²) in [4.78, 5) is 22.4. The van der Waals surface area contributed by atoms with Crippen molar-refractivity contribution in [2.45, 2.75) is 45.2 Å². The Labute approximate surface area is 171 Å². The van der Waals surface area contributed by atoms with Crippen LogP contribution in [0.25, 0.3) is 5.78 Å². The van der Waals surface area contributed by atoms with E-state index in [4.69, 9.17) is 0 Å². The number of aromatic nitrogens is 4. The highest BCUT2D eigenvalue weighted by Crippen LogP contribution is 2.39. The molecule has 3 aromatic heterocycles. The highest BCUT2D eigenvalue weighted by atomic mass is 32.2. The number of rotatable bonds is 4. The fraction of sp³-hybridized carbons (Fsp3) is 0.421. The van der Waals surface area contributed by atoms with Gasteiger partial charge >= 0.3 is 0 Å². The average Bonchev–Trinajstić information content (AvgIpc) is 3.20. The largest absolute Gasteiger partial charge is 0.316 e.